The second kappa shape index (κ2) is 8.45. The Balaban J connectivity index is 1.39. The van der Waals surface area contributed by atoms with Gasteiger partial charge in [-0.1, -0.05) is 46.6 Å². The van der Waals surface area contributed by atoms with Crippen molar-refractivity contribution in [2.24, 2.45) is 51.2 Å². The Bertz CT molecular complexity index is 1170. The van der Waals surface area contributed by atoms with Gasteiger partial charge >= 0.3 is 0 Å². The molecule has 4 saturated carbocycles. The van der Waals surface area contributed by atoms with Gasteiger partial charge in [-0.3, -0.25) is 14.9 Å². The van der Waals surface area contributed by atoms with E-state index >= 15 is 0 Å². The Morgan fingerprint density at radius 1 is 1.00 bits per heavy atom. The molecule has 8 atom stereocenters. The molecule has 4 fully saturated rings. The van der Waals surface area contributed by atoms with Crippen molar-refractivity contribution < 1.29 is 14.7 Å². The van der Waals surface area contributed by atoms with Crippen LogP contribution in [0.3, 0.4) is 0 Å². The van der Waals surface area contributed by atoms with E-state index in [0.717, 1.165) is 56.1 Å². The fourth-order valence-corrected chi connectivity index (χ4v) is 11.0. The number of hydrogen-bond acceptors (Lipinski definition) is 6. The number of rotatable bonds is 3. The minimum absolute atomic E-state index is 0.0641. The fourth-order valence-electron chi connectivity index (χ4n) is 11.0. The minimum Gasteiger partial charge on any atom is -0.393 e. The van der Waals surface area contributed by atoms with Gasteiger partial charge in [-0.15, -0.1) is 5.10 Å². The molecule has 208 valence electrons. The maximum Gasteiger partial charge on any atom is 0.269 e. The normalized spacial score (nSPS) is 43.8. The zero-order valence-corrected chi connectivity index (χ0v) is 23.9. The standard InChI is InChI=1S/C30H45N5O3/c1-16(2)23-19(36)15-30(25(38)31-26-32-34-35-33-26)14-9-18-17(24(23)30)7-8-21-28(18,5)12-10-20-27(3,4)22(37)11-13-29(20,21)6/h16-18,20-22,37H,7-15H2,1-6H3,(H2,31,32,33,34,35,38)/t17?,18?,20?,21?,22-,28-,29-,30?/m0/s1. The van der Waals surface area contributed by atoms with Gasteiger partial charge in [0.1, 0.15) is 0 Å². The van der Waals surface area contributed by atoms with Gasteiger partial charge in [0.2, 0.25) is 5.91 Å². The summed E-state index contributed by atoms with van der Waals surface area (Å²) in [5, 5.41) is 27.7. The van der Waals surface area contributed by atoms with E-state index in [2.05, 4.69) is 67.5 Å². The molecule has 5 unspecified atom stereocenters. The van der Waals surface area contributed by atoms with Crippen LogP contribution in [0.15, 0.2) is 11.1 Å². The molecule has 8 nitrogen and oxygen atoms in total. The average Bonchev–Trinajstić information content (AvgIpc) is 3.46. The summed E-state index contributed by atoms with van der Waals surface area (Å²) in [5.74, 6) is 2.10. The molecule has 0 aromatic carbocycles. The van der Waals surface area contributed by atoms with E-state index in [-0.39, 0.29) is 58.2 Å². The SMILES string of the molecule is CC(C)C1=C2C3CCC4[C@@](C)(CCC5C(C)(C)[C@@H](O)CC[C@@]54C)C3CCC2(C(=O)Nc2nn[nH]n2)CC1=O. The number of fused-ring (bicyclic) bond motifs is 7. The number of ketones is 1. The Morgan fingerprint density at radius 2 is 1.74 bits per heavy atom. The van der Waals surface area contributed by atoms with Crippen LogP contribution in [0.5, 0.6) is 0 Å². The molecule has 3 N–H and O–H groups in total. The van der Waals surface area contributed by atoms with Crippen LogP contribution >= 0.6 is 0 Å². The zero-order valence-electron chi connectivity index (χ0n) is 23.9. The van der Waals surface area contributed by atoms with Gasteiger partial charge in [0.15, 0.2) is 5.78 Å². The number of allylic oxidation sites excluding steroid dienone is 1. The first kappa shape index (κ1) is 26.1. The van der Waals surface area contributed by atoms with Crippen molar-refractivity contribution in [3.8, 4) is 0 Å². The number of nitrogens with zero attached hydrogens (tertiary/aromatic N) is 3. The van der Waals surface area contributed by atoms with Gasteiger partial charge < -0.3 is 5.11 Å². The molecule has 0 saturated heterocycles. The molecule has 8 heteroatoms. The van der Waals surface area contributed by atoms with Crippen LogP contribution in [0, 0.1) is 51.2 Å². The highest BCUT2D eigenvalue weighted by Gasteiger charge is 2.67. The number of Topliss-reactive ketones (excluding diaryl/α,β-unsaturated/α-hetero) is 1. The van der Waals surface area contributed by atoms with E-state index in [9.17, 15) is 14.7 Å². The Kier molecular flexibility index (Phi) is 5.82. The van der Waals surface area contributed by atoms with Crippen LogP contribution in [0.1, 0.15) is 99.3 Å². The second-order valence-corrected chi connectivity index (χ2v) is 14.7. The van der Waals surface area contributed by atoms with Crippen molar-refractivity contribution in [3.05, 3.63) is 11.1 Å². The highest BCUT2D eigenvalue weighted by molar-refractivity contribution is 6.09. The summed E-state index contributed by atoms with van der Waals surface area (Å²) in [5.41, 5.74) is 1.56. The monoisotopic (exact) mass is 523 g/mol. The van der Waals surface area contributed by atoms with Crippen molar-refractivity contribution in [3.63, 3.8) is 0 Å². The first-order valence-electron chi connectivity index (χ1n) is 14.9. The maximum absolute atomic E-state index is 13.9. The lowest BCUT2D eigenvalue weighted by molar-refractivity contribution is -0.203. The summed E-state index contributed by atoms with van der Waals surface area (Å²) in [6.45, 7) is 13.8. The Morgan fingerprint density at radius 3 is 2.42 bits per heavy atom. The average molecular weight is 524 g/mol. The molecule has 0 spiro atoms. The van der Waals surface area contributed by atoms with E-state index in [1.165, 1.54) is 0 Å². The second-order valence-electron chi connectivity index (χ2n) is 14.7. The van der Waals surface area contributed by atoms with E-state index in [1.807, 2.05) is 0 Å². The Hall–Kier alpha value is -2.09. The third-order valence-corrected chi connectivity index (χ3v) is 12.6. The van der Waals surface area contributed by atoms with Crippen LogP contribution in [-0.2, 0) is 9.59 Å². The molecule has 0 bridgehead atoms. The quantitative estimate of drug-likeness (QED) is 0.507. The highest BCUT2D eigenvalue weighted by Crippen LogP contribution is 2.72. The summed E-state index contributed by atoms with van der Waals surface area (Å²) >= 11 is 0. The maximum atomic E-state index is 13.9. The molecule has 6 rings (SSSR count). The van der Waals surface area contributed by atoms with Gasteiger partial charge in [0, 0.05) is 6.42 Å². The number of aliphatic hydroxyl groups is 1. The summed E-state index contributed by atoms with van der Waals surface area (Å²) in [6.07, 6.45) is 8.15. The molecule has 5 aliphatic carbocycles. The number of H-pyrrole nitrogens is 1. The molecule has 38 heavy (non-hydrogen) atoms. The number of amides is 1. The van der Waals surface area contributed by atoms with Crippen molar-refractivity contribution >= 4 is 17.6 Å². The van der Waals surface area contributed by atoms with Crippen molar-refractivity contribution in [1.82, 2.24) is 20.6 Å². The number of nitrogens with one attached hydrogen (secondary N) is 2. The van der Waals surface area contributed by atoms with Crippen molar-refractivity contribution in [1.29, 1.82) is 0 Å². The third-order valence-electron chi connectivity index (χ3n) is 12.6. The number of aromatic amines is 1. The first-order valence-corrected chi connectivity index (χ1v) is 14.9. The number of aromatic nitrogens is 4. The molecule has 1 aromatic rings. The Labute approximate surface area is 226 Å². The third kappa shape index (κ3) is 3.34. The fraction of sp³-hybridized carbons (Fsp3) is 0.833. The van der Waals surface area contributed by atoms with E-state index in [0.29, 0.717) is 24.2 Å². The first-order chi connectivity index (χ1) is 17.9. The predicted octanol–water partition coefficient (Wildman–Crippen LogP) is 5.09. The van der Waals surface area contributed by atoms with Crippen LogP contribution in [0.25, 0.3) is 0 Å². The van der Waals surface area contributed by atoms with Crippen molar-refractivity contribution in [2.45, 2.75) is 105 Å². The molecular formula is C30H45N5O3. The van der Waals surface area contributed by atoms with Gasteiger partial charge in [-0.2, -0.15) is 5.21 Å². The van der Waals surface area contributed by atoms with Crippen LogP contribution < -0.4 is 5.32 Å². The lowest BCUT2D eigenvalue weighted by Gasteiger charge is -2.68. The smallest absolute Gasteiger partial charge is 0.269 e. The molecule has 5 aliphatic rings. The molecule has 1 amide bonds. The molecular weight excluding hydrogens is 478 g/mol. The van der Waals surface area contributed by atoms with Crippen molar-refractivity contribution in [2.75, 3.05) is 5.32 Å². The highest BCUT2D eigenvalue weighted by atomic mass is 16.3. The topological polar surface area (TPSA) is 121 Å². The number of carbonyl (C=O) groups is 2. The number of anilines is 1. The molecule has 0 aliphatic heterocycles. The number of aliphatic hydroxyl groups excluding tert-OH is 1. The number of tetrazole rings is 1. The summed E-state index contributed by atoms with van der Waals surface area (Å²) in [6, 6.07) is 0. The minimum atomic E-state index is -0.806. The predicted molar refractivity (Wildman–Crippen MR) is 144 cm³/mol. The summed E-state index contributed by atoms with van der Waals surface area (Å²) < 4.78 is 0. The lowest BCUT2D eigenvalue weighted by Crippen LogP contribution is -2.62. The number of hydrogen-bond donors (Lipinski definition) is 3. The lowest BCUT2D eigenvalue weighted by atomic mass is 9.36. The molecule has 1 aromatic heterocycles. The largest absolute Gasteiger partial charge is 0.393 e. The van der Waals surface area contributed by atoms with Gasteiger partial charge in [0.25, 0.3) is 5.95 Å². The summed E-state index contributed by atoms with van der Waals surface area (Å²) in [7, 11) is 0. The zero-order chi connectivity index (χ0) is 27.3. The summed E-state index contributed by atoms with van der Waals surface area (Å²) in [4.78, 5) is 27.5. The van der Waals surface area contributed by atoms with Gasteiger partial charge in [-0.05, 0) is 114 Å². The van der Waals surface area contributed by atoms with Crippen LogP contribution in [0.2, 0.25) is 0 Å². The van der Waals surface area contributed by atoms with E-state index in [4.69, 9.17) is 0 Å². The van der Waals surface area contributed by atoms with E-state index < -0.39 is 5.41 Å². The van der Waals surface area contributed by atoms with Gasteiger partial charge in [-0.25, -0.2) is 0 Å². The van der Waals surface area contributed by atoms with Crippen LogP contribution in [-0.4, -0.2) is 43.5 Å². The molecule has 1 heterocycles. The van der Waals surface area contributed by atoms with Crippen LogP contribution in [0.4, 0.5) is 5.95 Å². The van der Waals surface area contributed by atoms with Gasteiger partial charge in [0.05, 0.1) is 11.5 Å². The number of carbonyl (C=O) groups excluding carboxylic acids is 2. The molecule has 0 radical (unpaired) electrons. The van der Waals surface area contributed by atoms with E-state index in [1.54, 1.807) is 0 Å².